The molecule has 146 valence electrons. The van der Waals surface area contributed by atoms with Gasteiger partial charge in [0.25, 0.3) is 0 Å². The van der Waals surface area contributed by atoms with Gasteiger partial charge in [0.15, 0.2) is 0 Å². The van der Waals surface area contributed by atoms with Gasteiger partial charge in [0.2, 0.25) is 5.91 Å². The predicted molar refractivity (Wildman–Crippen MR) is 112 cm³/mol. The summed E-state index contributed by atoms with van der Waals surface area (Å²) in [4.78, 5) is 16.7. The largest absolute Gasteiger partial charge is 0.375 e. The molecule has 0 spiro atoms. The van der Waals surface area contributed by atoms with Crippen LogP contribution < -0.4 is 10.2 Å². The molecule has 0 bridgehead atoms. The first-order valence-corrected chi connectivity index (χ1v) is 10.8. The molecule has 5 nitrogen and oxygen atoms in total. The van der Waals surface area contributed by atoms with Gasteiger partial charge in [-0.25, -0.2) is 0 Å². The first-order chi connectivity index (χ1) is 13.2. The van der Waals surface area contributed by atoms with E-state index in [1.165, 1.54) is 28.7 Å². The fourth-order valence-corrected chi connectivity index (χ4v) is 5.13. The first kappa shape index (κ1) is 18.7. The van der Waals surface area contributed by atoms with Gasteiger partial charge in [0.05, 0.1) is 0 Å². The average molecular weight is 388 g/mol. The zero-order valence-corrected chi connectivity index (χ0v) is 16.8. The van der Waals surface area contributed by atoms with Crippen LogP contribution in [0.5, 0.6) is 0 Å². The maximum atomic E-state index is 11.5. The molecule has 0 unspecified atom stereocenters. The van der Waals surface area contributed by atoms with E-state index in [9.17, 15) is 4.79 Å². The maximum absolute atomic E-state index is 11.5. The Kier molecular flexibility index (Phi) is 5.95. The fraction of sp³-hybridized carbons (Fsp3) is 0.571. The van der Waals surface area contributed by atoms with Crippen molar-refractivity contribution < 1.29 is 9.53 Å². The maximum Gasteiger partial charge on any atom is 0.246 e. The zero-order valence-electron chi connectivity index (χ0n) is 16.0. The molecule has 27 heavy (non-hydrogen) atoms. The van der Waals surface area contributed by atoms with Crippen molar-refractivity contribution in [3.05, 3.63) is 29.6 Å². The Labute approximate surface area is 165 Å². The normalized spacial score (nSPS) is 23.4. The molecule has 6 heteroatoms. The second-order valence-electron chi connectivity index (χ2n) is 7.76. The molecule has 1 amide bonds. The summed E-state index contributed by atoms with van der Waals surface area (Å²) < 4.78 is 6.25. The lowest BCUT2D eigenvalue weighted by Gasteiger charge is -2.39. The summed E-state index contributed by atoms with van der Waals surface area (Å²) in [5.41, 5.74) is 1.39. The van der Waals surface area contributed by atoms with Crippen molar-refractivity contribution in [2.75, 3.05) is 51.3 Å². The van der Waals surface area contributed by atoms with E-state index in [1.807, 2.05) is 11.3 Å². The quantitative estimate of drug-likeness (QED) is 0.793. The molecule has 1 aliphatic carbocycles. The van der Waals surface area contributed by atoms with E-state index in [4.69, 9.17) is 4.74 Å². The highest BCUT2D eigenvalue weighted by molar-refractivity contribution is 7.17. The molecule has 2 aromatic rings. The van der Waals surface area contributed by atoms with Gasteiger partial charge in [-0.2, -0.15) is 0 Å². The highest BCUT2D eigenvalue weighted by atomic mass is 32.1. The van der Waals surface area contributed by atoms with Crippen LogP contribution >= 0.6 is 11.3 Å². The summed E-state index contributed by atoms with van der Waals surface area (Å²) in [7, 11) is 1.56. The Hall–Kier alpha value is -1.63. The lowest BCUT2D eigenvalue weighted by molar-refractivity contribution is -0.126. The standard InChI is InChI=1S/C21H29N3O2S/c1-26-15-21(25)22-17-13-16(14-17)5-7-23-8-10-24(11-9-23)19-3-2-4-20-18(19)6-12-27-20/h2-4,6,12,16-17H,5,7-11,13-15H2,1H3,(H,22,25). The number of methoxy groups -OCH3 is 1. The Bertz CT molecular complexity index is 764. The second-order valence-corrected chi connectivity index (χ2v) is 8.71. The van der Waals surface area contributed by atoms with E-state index in [0.717, 1.165) is 44.9 Å². The van der Waals surface area contributed by atoms with E-state index in [1.54, 1.807) is 7.11 Å². The van der Waals surface area contributed by atoms with Crippen LogP contribution in [0.2, 0.25) is 0 Å². The molecule has 1 aromatic heterocycles. The number of hydrogen-bond acceptors (Lipinski definition) is 5. The second kappa shape index (κ2) is 8.59. The molecule has 1 saturated carbocycles. The number of nitrogens with one attached hydrogen (secondary N) is 1. The smallest absolute Gasteiger partial charge is 0.246 e. The van der Waals surface area contributed by atoms with Crippen molar-refractivity contribution in [3.8, 4) is 0 Å². The number of thiophene rings is 1. The van der Waals surface area contributed by atoms with Gasteiger partial charge in [-0.3, -0.25) is 9.69 Å². The SMILES string of the molecule is COCC(=O)NC1CC(CCN2CCN(c3cccc4sccc34)CC2)C1. The van der Waals surface area contributed by atoms with Crippen LogP contribution in [-0.2, 0) is 9.53 Å². The van der Waals surface area contributed by atoms with Crippen molar-refractivity contribution in [1.82, 2.24) is 10.2 Å². The molecule has 0 atom stereocenters. The van der Waals surface area contributed by atoms with Gasteiger partial charge in [-0.1, -0.05) is 6.07 Å². The molecule has 2 aliphatic rings. The average Bonchev–Trinajstić information content (AvgIpc) is 3.13. The monoisotopic (exact) mass is 387 g/mol. The third-order valence-electron chi connectivity index (χ3n) is 5.92. The molecular weight excluding hydrogens is 358 g/mol. The number of amides is 1. The van der Waals surface area contributed by atoms with Gasteiger partial charge in [-0.15, -0.1) is 11.3 Å². The van der Waals surface area contributed by atoms with Gasteiger partial charge in [0, 0.05) is 55.1 Å². The molecule has 1 aliphatic heterocycles. The van der Waals surface area contributed by atoms with Crippen LogP contribution in [0.25, 0.3) is 10.1 Å². The number of hydrogen-bond donors (Lipinski definition) is 1. The molecule has 2 fully saturated rings. The van der Waals surface area contributed by atoms with Crippen LogP contribution in [0.1, 0.15) is 19.3 Å². The summed E-state index contributed by atoms with van der Waals surface area (Å²) in [6.07, 6.45) is 3.49. The first-order valence-electron chi connectivity index (χ1n) is 9.95. The zero-order chi connectivity index (χ0) is 18.6. The molecule has 2 heterocycles. The van der Waals surface area contributed by atoms with E-state index >= 15 is 0 Å². The number of rotatable bonds is 7. The van der Waals surface area contributed by atoms with Crippen LogP contribution in [0.4, 0.5) is 5.69 Å². The highest BCUT2D eigenvalue weighted by Crippen LogP contribution is 2.32. The number of anilines is 1. The third-order valence-corrected chi connectivity index (χ3v) is 6.80. The molecule has 1 aromatic carbocycles. The third kappa shape index (κ3) is 4.45. The van der Waals surface area contributed by atoms with Crippen molar-refractivity contribution in [2.24, 2.45) is 5.92 Å². The number of nitrogens with zero attached hydrogens (tertiary/aromatic N) is 2. The fourth-order valence-electron chi connectivity index (χ4n) is 4.32. The lowest BCUT2D eigenvalue weighted by atomic mass is 9.78. The minimum atomic E-state index is 0.0118. The molecule has 1 saturated heterocycles. The van der Waals surface area contributed by atoms with E-state index in [-0.39, 0.29) is 12.5 Å². The van der Waals surface area contributed by atoms with Crippen molar-refractivity contribution >= 4 is 33.0 Å². The topological polar surface area (TPSA) is 44.8 Å². The summed E-state index contributed by atoms with van der Waals surface area (Å²) in [5.74, 6) is 0.771. The summed E-state index contributed by atoms with van der Waals surface area (Å²) in [6.45, 7) is 5.84. The number of carbonyl (C=O) groups is 1. The van der Waals surface area contributed by atoms with Crippen LogP contribution in [0.3, 0.4) is 0 Å². The summed E-state index contributed by atoms with van der Waals surface area (Å²) in [6, 6.07) is 9.26. The van der Waals surface area contributed by atoms with Gasteiger partial charge in [0.1, 0.15) is 6.61 Å². The number of benzene rings is 1. The Balaban J connectivity index is 1.18. The number of carbonyl (C=O) groups excluding carboxylic acids is 1. The van der Waals surface area contributed by atoms with E-state index in [0.29, 0.717) is 6.04 Å². The van der Waals surface area contributed by atoms with Crippen molar-refractivity contribution in [2.45, 2.75) is 25.3 Å². The molecular formula is C21H29N3O2S. The van der Waals surface area contributed by atoms with Gasteiger partial charge >= 0.3 is 0 Å². The van der Waals surface area contributed by atoms with Gasteiger partial charge < -0.3 is 15.0 Å². The highest BCUT2D eigenvalue weighted by Gasteiger charge is 2.30. The predicted octanol–water partition coefficient (Wildman–Crippen LogP) is 2.95. The number of piperazine rings is 1. The minimum absolute atomic E-state index is 0.0118. The van der Waals surface area contributed by atoms with E-state index in [2.05, 4.69) is 44.8 Å². The van der Waals surface area contributed by atoms with Crippen LogP contribution in [0, 0.1) is 5.92 Å². The van der Waals surface area contributed by atoms with Crippen LogP contribution in [-0.4, -0.2) is 63.3 Å². The minimum Gasteiger partial charge on any atom is -0.375 e. The summed E-state index contributed by atoms with van der Waals surface area (Å²) in [5, 5.41) is 6.62. The molecule has 0 radical (unpaired) electrons. The lowest BCUT2D eigenvalue weighted by Crippen LogP contribution is -2.49. The van der Waals surface area contributed by atoms with Crippen molar-refractivity contribution in [1.29, 1.82) is 0 Å². The number of ether oxygens (including phenoxy) is 1. The van der Waals surface area contributed by atoms with Gasteiger partial charge in [-0.05, 0) is 55.3 Å². The summed E-state index contributed by atoms with van der Waals surface area (Å²) >= 11 is 1.82. The Morgan fingerprint density at radius 3 is 2.81 bits per heavy atom. The molecule has 4 rings (SSSR count). The van der Waals surface area contributed by atoms with E-state index < -0.39 is 0 Å². The number of fused-ring (bicyclic) bond motifs is 1. The van der Waals surface area contributed by atoms with Crippen LogP contribution in [0.15, 0.2) is 29.6 Å². The van der Waals surface area contributed by atoms with Crippen molar-refractivity contribution in [3.63, 3.8) is 0 Å². The molecule has 1 N–H and O–H groups in total. The Morgan fingerprint density at radius 2 is 2.04 bits per heavy atom. The Morgan fingerprint density at radius 1 is 1.22 bits per heavy atom.